The molecule has 0 aromatic carbocycles. The third-order valence-electron chi connectivity index (χ3n) is 2.17. The maximum atomic E-state index is 4.19. The Kier molecular flexibility index (Phi) is 2.22. The monoisotopic (exact) mass is 232 g/mol. The number of hydrogen-bond acceptors (Lipinski definition) is 6. The fourth-order valence-corrected chi connectivity index (χ4v) is 1.96. The third-order valence-corrected chi connectivity index (χ3v) is 2.80. The standard InChI is InChI=1S/C9H8N6S/c1(6-3-16-5-13-6)10-8-7-2-14-15-9(7)12-4-11-8/h2-5H,1H2,(H2,10,11,12,14,15). The summed E-state index contributed by atoms with van der Waals surface area (Å²) < 4.78 is 0. The number of aromatic amines is 1. The molecule has 3 aromatic heterocycles. The number of anilines is 1. The van der Waals surface area contributed by atoms with Crippen LogP contribution in [0.2, 0.25) is 0 Å². The topological polar surface area (TPSA) is 79.4 Å². The van der Waals surface area contributed by atoms with E-state index in [0.29, 0.717) is 6.54 Å². The molecule has 3 aromatic rings. The van der Waals surface area contributed by atoms with Crippen LogP contribution in [0, 0.1) is 0 Å². The predicted molar refractivity (Wildman–Crippen MR) is 61.1 cm³/mol. The molecule has 0 aliphatic carbocycles. The van der Waals surface area contributed by atoms with Crippen molar-refractivity contribution in [1.29, 1.82) is 0 Å². The Hall–Kier alpha value is -2.02. The van der Waals surface area contributed by atoms with Crippen LogP contribution in [0.1, 0.15) is 5.69 Å². The van der Waals surface area contributed by atoms with Gasteiger partial charge in [-0.05, 0) is 0 Å². The number of hydrogen-bond donors (Lipinski definition) is 2. The van der Waals surface area contributed by atoms with Crippen LogP contribution in [-0.2, 0) is 6.54 Å². The van der Waals surface area contributed by atoms with Gasteiger partial charge in [-0.1, -0.05) is 0 Å². The van der Waals surface area contributed by atoms with E-state index in [1.54, 1.807) is 17.5 Å². The summed E-state index contributed by atoms with van der Waals surface area (Å²) in [6.07, 6.45) is 3.21. The average Bonchev–Trinajstić information content (AvgIpc) is 2.97. The van der Waals surface area contributed by atoms with E-state index >= 15 is 0 Å². The quantitative estimate of drug-likeness (QED) is 0.714. The first-order chi connectivity index (χ1) is 7.93. The Morgan fingerprint density at radius 2 is 2.31 bits per heavy atom. The molecule has 3 rings (SSSR count). The van der Waals surface area contributed by atoms with Crippen LogP contribution in [0.25, 0.3) is 11.0 Å². The highest BCUT2D eigenvalue weighted by Crippen LogP contribution is 2.16. The van der Waals surface area contributed by atoms with Crippen molar-refractivity contribution >= 4 is 28.2 Å². The van der Waals surface area contributed by atoms with Gasteiger partial charge < -0.3 is 5.32 Å². The maximum Gasteiger partial charge on any atom is 0.160 e. The van der Waals surface area contributed by atoms with E-state index in [0.717, 1.165) is 22.5 Å². The lowest BCUT2D eigenvalue weighted by Gasteiger charge is -2.03. The van der Waals surface area contributed by atoms with Crippen molar-refractivity contribution < 1.29 is 0 Å². The van der Waals surface area contributed by atoms with Crippen LogP contribution >= 0.6 is 11.3 Å². The van der Waals surface area contributed by atoms with Crippen molar-refractivity contribution in [2.75, 3.05) is 5.32 Å². The van der Waals surface area contributed by atoms with Gasteiger partial charge in [-0.25, -0.2) is 15.0 Å². The summed E-state index contributed by atoms with van der Waals surface area (Å²) in [5.74, 6) is 0.770. The Labute approximate surface area is 94.8 Å². The lowest BCUT2D eigenvalue weighted by Crippen LogP contribution is -2.02. The molecule has 16 heavy (non-hydrogen) atoms. The number of thiazole rings is 1. The fourth-order valence-electron chi connectivity index (χ4n) is 1.40. The Morgan fingerprint density at radius 1 is 1.31 bits per heavy atom. The van der Waals surface area contributed by atoms with Gasteiger partial charge in [0.15, 0.2) is 5.65 Å². The van der Waals surface area contributed by atoms with Crippen LogP contribution in [-0.4, -0.2) is 25.1 Å². The second-order valence-corrected chi connectivity index (χ2v) is 3.91. The normalized spacial score (nSPS) is 10.8. The molecule has 0 fully saturated rings. The van der Waals surface area contributed by atoms with Crippen molar-refractivity contribution in [3.8, 4) is 0 Å². The molecule has 0 saturated heterocycles. The fraction of sp³-hybridized carbons (Fsp3) is 0.111. The number of rotatable bonds is 3. The molecule has 7 heteroatoms. The van der Waals surface area contributed by atoms with E-state index in [-0.39, 0.29) is 0 Å². The Balaban J connectivity index is 1.86. The first kappa shape index (κ1) is 9.22. The van der Waals surface area contributed by atoms with Crippen LogP contribution < -0.4 is 5.32 Å². The minimum absolute atomic E-state index is 0.654. The molecule has 0 radical (unpaired) electrons. The van der Waals surface area contributed by atoms with Gasteiger partial charge in [0.05, 0.1) is 29.3 Å². The summed E-state index contributed by atoms with van der Waals surface area (Å²) in [4.78, 5) is 12.4. The van der Waals surface area contributed by atoms with Crippen molar-refractivity contribution in [3.63, 3.8) is 0 Å². The van der Waals surface area contributed by atoms with Crippen molar-refractivity contribution in [1.82, 2.24) is 25.1 Å². The summed E-state index contributed by atoms with van der Waals surface area (Å²) >= 11 is 1.58. The largest absolute Gasteiger partial charge is 0.364 e. The molecule has 0 unspecified atom stereocenters. The van der Waals surface area contributed by atoms with Gasteiger partial charge in [0.25, 0.3) is 0 Å². The zero-order valence-electron chi connectivity index (χ0n) is 8.21. The Morgan fingerprint density at radius 3 is 3.19 bits per heavy atom. The number of fused-ring (bicyclic) bond motifs is 1. The minimum atomic E-state index is 0.654. The SMILES string of the molecule is c1nc(NCc2cscn2)c2cn[nH]c2n1. The third kappa shape index (κ3) is 1.61. The molecule has 0 atom stereocenters. The predicted octanol–water partition coefficient (Wildman–Crippen LogP) is 1.42. The molecule has 2 N–H and O–H groups in total. The summed E-state index contributed by atoms with van der Waals surface area (Å²) in [5, 5.41) is 12.8. The molecule has 0 spiro atoms. The summed E-state index contributed by atoms with van der Waals surface area (Å²) in [6, 6.07) is 0. The van der Waals surface area contributed by atoms with Crippen molar-refractivity contribution in [3.05, 3.63) is 29.1 Å². The van der Waals surface area contributed by atoms with E-state index in [1.807, 2.05) is 10.9 Å². The molecule has 0 aliphatic heterocycles. The number of nitrogens with zero attached hydrogens (tertiary/aromatic N) is 4. The van der Waals surface area contributed by atoms with Gasteiger partial charge in [0, 0.05) is 5.38 Å². The molecule has 0 saturated carbocycles. The zero-order valence-corrected chi connectivity index (χ0v) is 9.03. The smallest absolute Gasteiger partial charge is 0.160 e. The highest BCUT2D eigenvalue weighted by Gasteiger charge is 2.04. The lowest BCUT2D eigenvalue weighted by molar-refractivity contribution is 1.05. The number of H-pyrrole nitrogens is 1. The second kappa shape index (κ2) is 3.86. The first-order valence-electron chi connectivity index (χ1n) is 4.68. The number of aromatic nitrogens is 5. The first-order valence-corrected chi connectivity index (χ1v) is 5.63. The second-order valence-electron chi connectivity index (χ2n) is 3.19. The highest BCUT2D eigenvalue weighted by molar-refractivity contribution is 7.07. The van der Waals surface area contributed by atoms with Gasteiger partial charge in [0.2, 0.25) is 0 Å². The van der Waals surface area contributed by atoms with Crippen LogP contribution in [0.3, 0.4) is 0 Å². The summed E-state index contributed by atoms with van der Waals surface area (Å²) in [7, 11) is 0. The van der Waals surface area contributed by atoms with Gasteiger partial charge in [0.1, 0.15) is 12.1 Å². The van der Waals surface area contributed by atoms with E-state index in [1.165, 1.54) is 6.33 Å². The van der Waals surface area contributed by atoms with Gasteiger partial charge >= 0.3 is 0 Å². The summed E-state index contributed by atoms with van der Waals surface area (Å²) in [5.41, 5.74) is 3.54. The van der Waals surface area contributed by atoms with Gasteiger partial charge in [-0.2, -0.15) is 5.10 Å². The van der Waals surface area contributed by atoms with Crippen molar-refractivity contribution in [2.24, 2.45) is 0 Å². The zero-order chi connectivity index (χ0) is 10.8. The van der Waals surface area contributed by atoms with Crippen LogP contribution in [0.5, 0.6) is 0 Å². The average molecular weight is 232 g/mol. The van der Waals surface area contributed by atoms with E-state index < -0.39 is 0 Å². The molecule has 0 amide bonds. The lowest BCUT2D eigenvalue weighted by atomic mass is 10.4. The minimum Gasteiger partial charge on any atom is -0.364 e. The van der Waals surface area contributed by atoms with Gasteiger partial charge in [-0.3, -0.25) is 5.10 Å². The molecular formula is C9H8N6S. The molecule has 80 valence electrons. The van der Waals surface area contributed by atoms with E-state index in [4.69, 9.17) is 0 Å². The van der Waals surface area contributed by atoms with Gasteiger partial charge in [-0.15, -0.1) is 11.3 Å². The molecule has 3 heterocycles. The van der Waals surface area contributed by atoms with Crippen molar-refractivity contribution in [2.45, 2.75) is 6.54 Å². The summed E-state index contributed by atoms with van der Waals surface area (Å²) in [6.45, 7) is 0.654. The Bertz CT molecular complexity index is 587. The molecule has 0 aliphatic rings. The molecule has 0 bridgehead atoms. The van der Waals surface area contributed by atoms with Crippen LogP contribution in [0.15, 0.2) is 23.4 Å². The van der Waals surface area contributed by atoms with E-state index in [9.17, 15) is 0 Å². The molecule has 6 nitrogen and oxygen atoms in total. The van der Waals surface area contributed by atoms with Crippen LogP contribution in [0.4, 0.5) is 5.82 Å². The van der Waals surface area contributed by atoms with E-state index in [2.05, 4.69) is 30.5 Å². The number of nitrogens with one attached hydrogen (secondary N) is 2. The molecular weight excluding hydrogens is 224 g/mol. The highest BCUT2D eigenvalue weighted by atomic mass is 32.1. The maximum absolute atomic E-state index is 4.19.